The number of quaternary nitrogens is 1. The van der Waals surface area contributed by atoms with E-state index in [-0.39, 0.29) is 11.4 Å². The predicted molar refractivity (Wildman–Crippen MR) is 105 cm³/mol. The fourth-order valence-corrected chi connectivity index (χ4v) is 3.74. The summed E-state index contributed by atoms with van der Waals surface area (Å²) >= 11 is 1.12. The van der Waals surface area contributed by atoms with Gasteiger partial charge in [-0.2, -0.15) is 0 Å². The number of hydrogen-bond donors (Lipinski definition) is 1. The van der Waals surface area contributed by atoms with E-state index in [9.17, 15) is 13.6 Å². The van der Waals surface area contributed by atoms with Gasteiger partial charge in [0.05, 0.1) is 31.9 Å². The summed E-state index contributed by atoms with van der Waals surface area (Å²) in [5.74, 6) is -1.57. The average Bonchev–Trinajstić information content (AvgIpc) is 3.01. The van der Waals surface area contributed by atoms with Gasteiger partial charge in [0.2, 0.25) is 0 Å². The largest absolute Gasteiger partial charge is 0.338 e. The molecule has 1 N–H and O–H groups in total. The first-order chi connectivity index (χ1) is 12.8. The van der Waals surface area contributed by atoms with E-state index in [1.165, 1.54) is 11.0 Å². The number of carbonyl (C=O) groups excluding carboxylic acids is 1. The summed E-state index contributed by atoms with van der Waals surface area (Å²) in [5, 5.41) is 0.374. The quantitative estimate of drug-likeness (QED) is 0.727. The van der Waals surface area contributed by atoms with E-state index >= 15 is 0 Å². The van der Waals surface area contributed by atoms with Crippen molar-refractivity contribution in [1.29, 1.82) is 0 Å². The van der Waals surface area contributed by atoms with Crippen molar-refractivity contribution in [2.75, 3.05) is 32.1 Å². The Bertz CT molecular complexity index is 1000. The van der Waals surface area contributed by atoms with Gasteiger partial charge in [0.25, 0.3) is 5.91 Å². The highest BCUT2D eigenvalue weighted by molar-refractivity contribution is 7.22. The van der Waals surface area contributed by atoms with Gasteiger partial charge >= 0.3 is 0 Å². The standard InChI is InChI=1S/C20H21F2N3OS/c1-12-5-6-14(9-13(12)2)19(26)25(8-7-24(3)4)20-23-18-16(22)10-15(21)11-17(18)27-20/h5-6,9-11H,7-8H2,1-4H3/p+1. The third-order valence-corrected chi connectivity index (χ3v) is 5.49. The van der Waals surface area contributed by atoms with Crippen LogP contribution in [-0.2, 0) is 0 Å². The third kappa shape index (κ3) is 4.14. The minimum Gasteiger partial charge on any atom is -0.338 e. The molecule has 142 valence electrons. The number of halogens is 2. The zero-order chi connectivity index (χ0) is 19.7. The van der Waals surface area contributed by atoms with Crippen LogP contribution in [0.15, 0.2) is 30.3 Å². The maximum atomic E-state index is 14.1. The van der Waals surface area contributed by atoms with E-state index in [1.54, 1.807) is 11.0 Å². The first kappa shape index (κ1) is 19.4. The van der Waals surface area contributed by atoms with Crippen molar-refractivity contribution in [3.05, 3.63) is 58.7 Å². The van der Waals surface area contributed by atoms with Crippen molar-refractivity contribution in [3.8, 4) is 0 Å². The lowest BCUT2D eigenvalue weighted by Crippen LogP contribution is -3.06. The molecule has 27 heavy (non-hydrogen) atoms. The van der Waals surface area contributed by atoms with E-state index in [4.69, 9.17) is 0 Å². The molecule has 0 saturated heterocycles. The van der Waals surface area contributed by atoms with Crippen molar-refractivity contribution in [1.82, 2.24) is 4.98 Å². The third-order valence-electron chi connectivity index (χ3n) is 4.47. The van der Waals surface area contributed by atoms with E-state index in [0.29, 0.717) is 28.5 Å². The van der Waals surface area contributed by atoms with Gasteiger partial charge in [-0.25, -0.2) is 13.8 Å². The Morgan fingerprint density at radius 3 is 2.56 bits per heavy atom. The zero-order valence-corrected chi connectivity index (χ0v) is 16.6. The molecule has 0 aliphatic carbocycles. The van der Waals surface area contributed by atoms with Crippen molar-refractivity contribution >= 4 is 32.6 Å². The van der Waals surface area contributed by atoms with Crippen molar-refractivity contribution < 1.29 is 18.5 Å². The first-order valence-electron chi connectivity index (χ1n) is 8.70. The van der Waals surface area contributed by atoms with Crippen LogP contribution in [0.1, 0.15) is 21.5 Å². The molecule has 0 aliphatic heterocycles. The van der Waals surface area contributed by atoms with Crippen LogP contribution in [0, 0.1) is 25.5 Å². The number of aromatic nitrogens is 1. The second kappa shape index (κ2) is 7.70. The molecule has 3 rings (SSSR count). The Morgan fingerprint density at radius 2 is 1.89 bits per heavy atom. The molecule has 0 bridgehead atoms. The number of amides is 1. The van der Waals surface area contributed by atoms with Crippen LogP contribution in [0.2, 0.25) is 0 Å². The molecule has 0 fully saturated rings. The second-order valence-electron chi connectivity index (χ2n) is 6.94. The SMILES string of the molecule is Cc1ccc(C(=O)N(CC[NH+](C)C)c2nc3c(F)cc(F)cc3s2)cc1C. The number of hydrogen-bond acceptors (Lipinski definition) is 3. The predicted octanol–water partition coefficient (Wildman–Crippen LogP) is 2.98. The Balaban J connectivity index is 2.03. The molecule has 0 aliphatic rings. The molecule has 0 atom stereocenters. The Morgan fingerprint density at radius 1 is 1.15 bits per heavy atom. The fourth-order valence-electron chi connectivity index (χ4n) is 2.71. The number of aryl methyl sites for hydroxylation is 2. The maximum Gasteiger partial charge on any atom is 0.260 e. The number of thiazole rings is 1. The number of nitrogens with zero attached hydrogens (tertiary/aromatic N) is 2. The molecule has 0 unspecified atom stereocenters. The van der Waals surface area contributed by atoms with Crippen molar-refractivity contribution in [2.45, 2.75) is 13.8 Å². The molecular formula is C20H22F2N3OS+. The van der Waals surface area contributed by atoms with Crippen molar-refractivity contribution in [3.63, 3.8) is 0 Å². The lowest BCUT2D eigenvalue weighted by Gasteiger charge is -2.21. The van der Waals surface area contributed by atoms with E-state index in [2.05, 4.69) is 4.98 Å². The summed E-state index contributed by atoms with van der Waals surface area (Å²) < 4.78 is 28.0. The molecule has 1 heterocycles. The van der Waals surface area contributed by atoms with Gasteiger partial charge in [-0.3, -0.25) is 9.69 Å². The lowest BCUT2D eigenvalue weighted by molar-refractivity contribution is -0.856. The number of rotatable bonds is 5. The van der Waals surface area contributed by atoms with Crippen LogP contribution in [-0.4, -0.2) is 38.1 Å². The molecule has 1 amide bonds. The molecular weight excluding hydrogens is 368 g/mol. The Hall–Kier alpha value is -2.38. The molecule has 4 nitrogen and oxygen atoms in total. The molecule has 2 aromatic carbocycles. The van der Waals surface area contributed by atoms with Crippen LogP contribution < -0.4 is 9.80 Å². The monoisotopic (exact) mass is 390 g/mol. The molecule has 0 radical (unpaired) electrons. The lowest BCUT2D eigenvalue weighted by atomic mass is 10.1. The van der Waals surface area contributed by atoms with Crippen LogP contribution >= 0.6 is 11.3 Å². The summed E-state index contributed by atoms with van der Waals surface area (Å²) in [6.07, 6.45) is 0. The normalized spacial score (nSPS) is 11.4. The van der Waals surface area contributed by atoms with Gasteiger partial charge in [-0.1, -0.05) is 17.4 Å². The number of likely N-dealkylation sites (N-methyl/N-ethyl adjacent to an activating group) is 1. The summed E-state index contributed by atoms with van der Waals surface area (Å²) in [5.41, 5.74) is 2.77. The van der Waals surface area contributed by atoms with Crippen LogP contribution in [0.4, 0.5) is 13.9 Å². The van der Waals surface area contributed by atoms with Gasteiger partial charge < -0.3 is 4.90 Å². The average molecular weight is 390 g/mol. The summed E-state index contributed by atoms with van der Waals surface area (Å²) in [4.78, 5) is 20.2. The highest BCUT2D eigenvalue weighted by Crippen LogP contribution is 2.31. The number of fused-ring (bicyclic) bond motifs is 1. The number of anilines is 1. The van der Waals surface area contributed by atoms with Crippen LogP contribution in [0.25, 0.3) is 10.2 Å². The minimum absolute atomic E-state index is 0.0893. The van der Waals surface area contributed by atoms with Gasteiger partial charge in [0.1, 0.15) is 11.3 Å². The van der Waals surface area contributed by atoms with Gasteiger partial charge in [0.15, 0.2) is 10.9 Å². The second-order valence-corrected chi connectivity index (χ2v) is 7.95. The summed E-state index contributed by atoms with van der Waals surface area (Å²) in [7, 11) is 3.98. The zero-order valence-electron chi connectivity index (χ0n) is 15.8. The molecule has 7 heteroatoms. The highest BCUT2D eigenvalue weighted by atomic mass is 32.1. The van der Waals surface area contributed by atoms with Crippen LogP contribution in [0.3, 0.4) is 0 Å². The first-order valence-corrected chi connectivity index (χ1v) is 9.51. The summed E-state index contributed by atoms with van der Waals surface area (Å²) in [6, 6.07) is 7.60. The summed E-state index contributed by atoms with van der Waals surface area (Å²) in [6.45, 7) is 5.07. The molecule has 0 spiro atoms. The molecule has 0 saturated carbocycles. The molecule has 1 aromatic heterocycles. The van der Waals surface area contributed by atoms with E-state index < -0.39 is 11.6 Å². The van der Waals surface area contributed by atoms with Crippen LogP contribution in [0.5, 0.6) is 0 Å². The molecule has 3 aromatic rings. The number of benzene rings is 2. The minimum atomic E-state index is -0.718. The number of nitrogens with one attached hydrogen (secondary N) is 1. The van der Waals surface area contributed by atoms with Gasteiger partial charge in [0, 0.05) is 11.6 Å². The number of carbonyl (C=O) groups is 1. The highest BCUT2D eigenvalue weighted by Gasteiger charge is 2.23. The Kier molecular flexibility index (Phi) is 5.53. The van der Waals surface area contributed by atoms with E-state index in [0.717, 1.165) is 28.5 Å². The van der Waals surface area contributed by atoms with Gasteiger partial charge in [-0.05, 0) is 43.2 Å². The maximum absolute atomic E-state index is 14.1. The van der Waals surface area contributed by atoms with Gasteiger partial charge in [-0.15, -0.1) is 0 Å². The smallest absolute Gasteiger partial charge is 0.260 e. The fraction of sp³-hybridized carbons (Fsp3) is 0.300. The van der Waals surface area contributed by atoms with E-state index in [1.807, 2.05) is 40.1 Å². The van der Waals surface area contributed by atoms with Crippen molar-refractivity contribution in [2.24, 2.45) is 0 Å². The Labute approximate surface area is 161 Å². The topological polar surface area (TPSA) is 37.6 Å².